The van der Waals surface area contributed by atoms with Gasteiger partial charge in [0.15, 0.2) is 11.5 Å². The molecule has 0 saturated carbocycles. The highest BCUT2D eigenvalue weighted by Gasteiger charge is 2.44. The number of benzene rings is 2. The number of rotatable bonds is 9. The fourth-order valence-corrected chi connectivity index (χ4v) is 3.86. The molecule has 1 N–H and O–H groups in total. The van der Waals surface area contributed by atoms with Crippen LogP contribution in [0.25, 0.3) is 0 Å². The number of carbonyl (C=O) groups excluding carboxylic acids is 3. The normalized spacial score (nSPS) is 16.7. The first-order chi connectivity index (χ1) is 16.9. The Labute approximate surface area is 201 Å². The topological polar surface area (TPSA) is 123 Å². The first-order valence-electron chi connectivity index (χ1n) is 11.1. The lowest BCUT2D eigenvalue weighted by atomic mass is 10.1. The van der Waals surface area contributed by atoms with Crippen molar-refractivity contribution < 1.29 is 38.5 Å². The van der Waals surface area contributed by atoms with E-state index in [0.717, 1.165) is 17.4 Å². The molecule has 2 aromatic rings. The molecule has 0 unspecified atom stereocenters. The summed E-state index contributed by atoms with van der Waals surface area (Å²) in [5.74, 6) is -1.38. The minimum absolute atomic E-state index is 0.0409. The summed E-state index contributed by atoms with van der Waals surface area (Å²) in [5, 5.41) is 8.94. The molecule has 0 spiro atoms. The van der Waals surface area contributed by atoms with Crippen LogP contribution >= 0.6 is 0 Å². The third kappa shape index (κ3) is 5.26. The highest BCUT2D eigenvalue weighted by molar-refractivity contribution is 6.23. The van der Waals surface area contributed by atoms with Crippen LogP contribution in [0, 0.1) is 0 Å². The van der Waals surface area contributed by atoms with Crippen molar-refractivity contribution in [1.29, 1.82) is 0 Å². The zero-order valence-corrected chi connectivity index (χ0v) is 19.0. The second-order valence-corrected chi connectivity index (χ2v) is 7.95. The second-order valence-electron chi connectivity index (χ2n) is 7.95. The summed E-state index contributed by atoms with van der Waals surface area (Å²) in [6, 6.07) is 10.5. The van der Waals surface area contributed by atoms with Gasteiger partial charge in [-0.15, -0.1) is 0 Å². The van der Waals surface area contributed by atoms with Crippen LogP contribution in [0.2, 0.25) is 0 Å². The van der Waals surface area contributed by atoms with Gasteiger partial charge in [0.05, 0.1) is 18.7 Å². The molecule has 0 bridgehead atoms. The van der Waals surface area contributed by atoms with Gasteiger partial charge in [0.2, 0.25) is 18.6 Å². The molecule has 10 heteroatoms. The molecule has 4 rings (SSSR count). The smallest absolute Gasteiger partial charge is 0.328 e. The van der Waals surface area contributed by atoms with E-state index in [0.29, 0.717) is 41.2 Å². The maximum absolute atomic E-state index is 13.3. The molecule has 0 aliphatic carbocycles. The number of amides is 3. The number of aliphatic carboxylic acids is 1. The molecule has 2 aromatic carbocycles. The highest BCUT2D eigenvalue weighted by Crippen LogP contribution is 2.34. The van der Waals surface area contributed by atoms with Gasteiger partial charge in [-0.3, -0.25) is 14.4 Å². The third-order valence-electron chi connectivity index (χ3n) is 5.51. The van der Waals surface area contributed by atoms with E-state index in [2.05, 4.69) is 0 Å². The molecule has 35 heavy (non-hydrogen) atoms. The summed E-state index contributed by atoms with van der Waals surface area (Å²) in [6.45, 7) is 2.57. The monoisotopic (exact) mass is 480 g/mol. The molecular formula is C25H24N2O8. The Hall–Kier alpha value is -4.34. The van der Waals surface area contributed by atoms with Crippen LogP contribution in [0.4, 0.5) is 5.69 Å². The molecule has 10 nitrogen and oxygen atoms in total. The number of carbonyl (C=O) groups is 4. The fraction of sp³-hybridized carbons (Fsp3) is 0.280. The Balaban J connectivity index is 1.59. The number of fused-ring (bicyclic) bond motifs is 1. The van der Waals surface area contributed by atoms with E-state index in [1.165, 1.54) is 4.90 Å². The van der Waals surface area contributed by atoms with Gasteiger partial charge < -0.3 is 24.2 Å². The van der Waals surface area contributed by atoms with Gasteiger partial charge in [-0.05, 0) is 48.4 Å². The molecular weight excluding hydrogens is 456 g/mol. The fourth-order valence-electron chi connectivity index (χ4n) is 3.86. The van der Waals surface area contributed by atoms with E-state index in [-0.39, 0.29) is 19.8 Å². The first-order valence-corrected chi connectivity index (χ1v) is 11.1. The quantitative estimate of drug-likeness (QED) is 0.429. The van der Waals surface area contributed by atoms with Crippen molar-refractivity contribution in [2.45, 2.75) is 32.4 Å². The zero-order chi connectivity index (χ0) is 24.9. The Kier molecular flexibility index (Phi) is 7.00. The first kappa shape index (κ1) is 23.8. The van der Waals surface area contributed by atoms with Crippen molar-refractivity contribution in [3.63, 3.8) is 0 Å². The average molecular weight is 480 g/mol. The summed E-state index contributed by atoms with van der Waals surface area (Å²) < 4.78 is 16.2. The lowest BCUT2D eigenvalue weighted by molar-refractivity contribution is -0.135. The van der Waals surface area contributed by atoms with Gasteiger partial charge in [-0.25, -0.2) is 9.69 Å². The zero-order valence-electron chi connectivity index (χ0n) is 19.0. The van der Waals surface area contributed by atoms with Gasteiger partial charge in [0.25, 0.3) is 5.91 Å². The van der Waals surface area contributed by atoms with Crippen molar-refractivity contribution in [3.8, 4) is 17.2 Å². The van der Waals surface area contributed by atoms with Gasteiger partial charge in [0, 0.05) is 18.7 Å². The average Bonchev–Trinajstić information content (AvgIpc) is 3.43. The highest BCUT2D eigenvalue weighted by atomic mass is 16.7. The molecule has 1 fully saturated rings. The molecule has 2 aliphatic heterocycles. The number of imide groups is 1. The number of anilines is 1. The Bertz CT molecular complexity index is 1170. The van der Waals surface area contributed by atoms with Crippen LogP contribution in [0.5, 0.6) is 17.2 Å². The number of ether oxygens (including phenoxy) is 3. The van der Waals surface area contributed by atoms with E-state index in [4.69, 9.17) is 19.3 Å². The second kappa shape index (κ2) is 10.3. The van der Waals surface area contributed by atoms with Gasteiger partial charge in [0.1, 0.15) is 11.8 Å². The molecule has 1 atom stereocenters. The number of nitrogens with zero attached hydrogens (tertiary/aromatic N) is 2. The van der Waals surface area contributed by atoms with Crippen LogP contribution in [0.1, 0.15) is 25.3 Å². The maximum atomic E-state index is 13.3. The molecule has 2 aliphatic rings. The predicted molar refractivity (Wildman–Crippen MR) is 123 cm³/mol. The summed E-state index contributed by atoms with van der Waals surface area (Å²) in [4.78, 5) is 52.3. The van der Waals surface area contributed by atoms with Gasteiger partial charge >= 0.3 is 5.97 Å². The lowest BCUT2D eigenvalue weighted by Gasteiger charge is -2.27. The molecule has 182 valence electrons. The number of hydrogen-bond donors (Lipinski definition) is 1. The van der Waals surface area contributed by atoms with Crippen molar-refractivity contribution >= 4 is 29.4 Å². The summed E-state index contributed by atoms with van der Waals surface area (Å²) in [6.07, 6.45) is 2.18. The number of hydrogen-bond acceptors (Lipinski definition) is 7. The summed E-state index contributed by atoms with van der Waals surface area (Å²) in [7, 11) is 0. The van der Waals surface area contributed by atoms with Crippen LogP contribution in [0.3, 0.4) is 0 Å². The molecule has 0 aromatic heterocycles. The van der Waals surface area contributed by atoms with Crippen molar-refractivity contribution in [2.24, 2.45) is 0 Å². The largest absolute Gasteiger partial charge is 0.494 e. The van der Waals surface area contributed by atoms with Crippen LogP contribution in [-0.2, 0) is 25.7 Å². The van der Waals surface area contributed by atoms with Gasteiger partial charge in [-0.1, -0.05) is 13.0 Å². The van der Waals surface area contributed by atoms with Crippen LogP contribution in [0.15, 0.2) is 54.6 Å². The minimum atomic E-state index is -1.30. The standard InChI is InChI=1S/C25H24N2O8/c1-2-11-33-18-6-4-17(5-7-18)27-23(29)13-19(25(27)32)26(22(28)9-10-24(30)31)14-16-3-8-20-21(12-16)35-15-34-20/h3-10,12,19H,2,11,13-15H2,1H3,(H,30,31)/b10-9+/t19-/m1/s1. The molecule has 2 heterocycles. The Morgan fingerprint density at radius 1 is 1.11 bits per heavy atom. The summed E-state index contributed by atoms with van der Waals surface area (Å²) >= 11 is 0. The minimum Gasteiger partial charge on any atom is -0.494 e. The number of carboxylic acid groups (broad SMARTS) is 1. The predicted octanol–water partition coefficient (Wildman–Crippen LogP) is 2.51. The van der Waals surface area contributed by atoms with Crippen molar-refractivity contribution in [2.75, 3.05) is 18.3 Å². The lowest BCUT2D eigenvalue weighted by Crippen LogP contribution is -2.44. The molecule has 3 amide bonds. The summed E-state index contributed by atoms with van der Waals surface area (Å²) in [5.41, 5.74) is 0.991. The molecule has 0 radical (unpaired) electrons. The van der Waals surface area contributed by atoms with Crippen molar-refractivity contribution in [3.05, 3.63) is 60.2 Å². The van der Waals surface area contributed by atoms with E-state index >= 15 is 0 Å². The SMILES string of the molecule is CCCOc1ccc(N2C(=O)C[C@@H](N(Cc3ccc4c(c3)OCO4)C(=O)/C=C/C(=O)O)C2=O)cc1. The van der Waals surface area contributed by atoms with E-state index in [1.54, 1.807) is 42.5 Å². The maximum Gasteiger partial charge on any atom is 0.328 e. The third-order valence-corrected chi connectivity index (χ3v) is 5.51. The van der Waals surface area contributed by atoms with E-state index in [9.17, 15) is 19.2 Å². The Morgan fingerprint density at radius 2 is 1.86 bits per heavy atom. The van der Waals surface area contributed by atoms with Crippen LogP contribution in [-0.4, -0.2) is 53.1 Å². The van der Waals surface area contributed by atoms with E-state index < -0.39 is 29.7 Å². The Morgan fingerprint density at radius 3 is 2.57 bits per heavy atom. The van der Waals surface area contributed by atoms with Gasteiger partial charge in [-0.2, -0.15) is 0 Å². The van der Waals surface area contributed by atoms with E-state index in [1.807, 2.05) is 6.92 Å². The number of carboxylic acids is 1. The van der Waals surface area contributed by atoms with Crippen molar-refractivity contribution in [1.82, 2.24) is 4.90 Å². The molecule has 1 saturated heterocycles. The van der Waals surface area contributed by atoms with Crippen LogP contribution < -0.4 is 19.1 Å².